The SMILES string of the molecule is Cc1[nH]n(-c2ccccc2)c(=O)c1N=Nc1ccc(S(=O)(=O)Nc2ncccn2)cc1. The van der Waals surface area contributed by atoms with E-state index in [4.69, 9.17) is 0 Å². The number of nitrogens with one attached hydrogen (secondary N) is 2. The third-order valence-corrected chi connectivity index (χ3v) is 5.60. The monoisotopic (exact) mass is 435 g/mol. The first-order chi connectivity index (χ1) is 14.9. The zero-order valence-corrected chi connectivity index (χ0v) is 17.1. The van der Waals surface area contributed by atoms with Crippen molar-refractivity contribution in [2.45, 2.75) is 11.8 Å². The lowest BCUT2D eigenvalue weighted by atomic mass is 10.3. The lowest BCUT2D eigenvalue weighted by molar-refractivity contribution is 0.601. The first-order valence-corrected chi connectivity index (χ1v) is 10.6. The second-order valence-electron chi connectivity index (χ2n) is 6.43. The summed E-state index contributed by atoms with van der Waals surface area (Å²) in [5.74, 6) is -0.0242. The second kappa shape index (κ2) is 8.32. The topological polar surface area (TPSA) is 134 Å². The first-order valence-electron chi connectivity index (χ1n) is 9.13. The van der Waals surface area contributed by atoms with E-state index in [0.29, 0.717) is 17.1 Å². The molecule has 0 fully saturated rings. The number of aromatic nitrogens is 4. The van der Waals surface area contributed by atoms with Crippen molar-refractivity contribution in [1.82, 2.24) is 19.7 Å². The molecule has 156 valence electrons. The molecule has 31 heavy (non-hydrogen) atoms. The van der Waals surface area contributed by atoms with E-state index >= 15 is 0 Å². The molecule has 2 aromatic heterocycles. The van der Waals surface area contributed by atoms with E-state index in [-0.39, 0.29) is 22.1 Å². The van der Waals surface area contributed by atoms with Crippen molar-refractivity contribution in [1.29, 1.82) is 0 Å². The molecule has 0 bridgehead atoms. The number of para-hydroxylation sites is 1. The molecule has 0 saturated carbocycles. The Morgan fingerprint density at radius 1 is 0.935 bits per heavy atom. The van der Waals surface area contributed by atoms with Crippen LogP contribution in [-0.2, 0) is 10.0 Å². The van der Waals surface area contributed by atoms with Gasteiger partial charge in [0.15, 0.2) is 5.69 Å². The Kier molecular flexibility index (Phi) is 5.41. The van der Waals surface area contributed by atoms with E-state index in [2.05, 4.69) is 30.0 Å². The number of sulfonamides is 1. The minimum atomic E-state index is -3.84. The van der Waals surface area contributed by atoms with Gasteiger partial charge in [0.2, 0.25) is 5.95 Å². The van der Waals surface area contributed by atoms with Crippen LogP contribution in [0.5, 0.6) is 0 Å². The summed E-state index contributed by atoms with van der Waals surface area (Å²) >= 11 is 0. The molecule has 4 rings (SSSR count). The highest BCUT2D eigenvalue weighted by molar-refractivity contribution is 7.92. The van der Waals surface area contributed by atoms with Gasteiger partial charge in [0.1, 0.15) is 0 Å². The van der Waals surface area contributed by atoms with Crippen LogP contribution < -0.4 is 10.3 Å². The minimum absolute atomic E-state index is 0.0168. The van der Waals surface area contributed by atoms with Gasteiger partial charge in [-0.2, -0.15) is 5.11 Å². The predicted octanol–water partition coefficient (Wildman–Crippen LogP) is 3.48. The molecular formula is C20H17N7O3S. The lowest BCUT2D eigenvalue weighted by Gasteiger charge is -2.06. The van der Waals surface area contributed by atoms with Gasteiger partial charge in [-0.3, -0.25) is 9.89 Å². The highest BCUT2D eigenvalue weighted by atomic mass is 32.2. The molecule has 0 amide bonds. The molecular weight excluding hydrogens is 418 g/mol. The number of H-pyrrole nitrogens is 1. The number of benzene rings is 2. The maximum atomic E-state index is 12.6. The van der Waals surface area contributed by atoms with Gasteiger partial charge >= 0.3 is 0 Å². The van der Waals surface area contributed by atoms with Crippen molar-refractivity contribution in [3.8, 4) is 5.69 Å². The lowest BCUT2D eigenvalue weighted by Crippen LogP contribution is -2.14. The largest absolute Gasteiger partial charge is 0.299 e. The molecule has 0 spiro atoms. The summed E-state index contributed by atoms with van der Waals surface area (Å²) in [5, 5.41) is 11.1. The molecule has 0 aliphatic carbocycles. The predicted molar refractivity (Wildman–Crippen MR) is 115 cm³/mol. The molecule has 0 unspecified atom stereocenters. The van der Waals surface area contributed by atoms with Crippen molar-refractivity contribution in [3.05, 3.63) is 89.1 Å². The van der Waals surface area contributed by atoms with Gasteiger partial charge in [0.25, 0.3) is 15.6 Å². The molecule has 10 nitrogen and oxygen atoms in total. The maximum absolute atomic E-state index is 12.6. The molecule has 0 radical (unpaired) electrons. The average Bonchev–Trinajstić information content (AvgIpc) is 3.07. The van der Waals surface area contributed by atoms with Crippen LogP contribution in [0.4, 0.5) is 17.3 Å². The molecule has 2 N–H and O–H groups in total. The molecule has 2 heterocycles. The molecule has 0 saturated heterocycles. The Labute approximate surface area is 177 Å². The van der Waals surface area contributed by atoms with Crippen LogP contribution >= 0.6 is 0 Å². The van der Waals surface area contributed by atoms with Gasteiger partial charge in [-0.1, -0.05) is 18.2 Å². The second-order valence-corrected chi connectivity index (χ2v) is 8.12. The van der Waals surface area contributed by atoms with Crippen molar-refractivity contribution < 1.29 is 8.42 Å². The Hall–Kier alpha value is -4.12. The Bertz CT molecular complexity index is 1380. The van der Waals surface area contributed by atoms with E-state index in [1.165, 1.54) is 41.3 Å². The van der Waals surface area contributed by atoms with Gasteiger partial charge in [-0.05, 0) is 49.4 Å². The average molecular weight is 435 g/mol. The molecule has 0 atom stereocenters. The third-order valence-electron chi connectivity index (χ3n) is 4.26. The number of aryl methyl sites for hydroxylation is 1. The number of rotatable bonds is 6. The normalized spacial score (nSPS) is 11.6. The van der Waals surface area contributed by atoms with Gasteiger partial charge in [-0.15, -0.1) is 5.11 Å². The molecule has 2 aromatic carbocycles. The smallest absolute Gasteiger partial charge is 0.293 e. The fourth-order valence-electron chi connectivity index (χ4n) is 2.74. The van der Waals surface area contributed by atoms with Crippen molar-refractivity contribution in [2.24, 2.45) is 10.2 Å². The summed E-state index contributed by atoms with van der Waals surface area (Å²) in [7, 11) is -3.84. The summed E-state index contributed by atoms with van der Waals surface area (Å²) in [4.78, 5) is 20.3. The number of hydrogen-bond donors (Lipinski definition) is 2. The van der Waals surface area contributed by atoms with Crippen LogP contribution in [-0.4, -0.2) is 28.2 Å². The fraction of sp³-hybridized carbons (Fsp3) is 0.0500. The number of anilines is 1. The molecule has 4 aromatic rings. The maximum Gasteiger partial charge on any atom is 0.299 e. The van der Waals surface area contributed by atoms with Gasteiger partial charge in [-0.25, -0.2) is 27.8 Å². The van der Waals surface area contributed by atoms with E-state index in [1.807, 2.05) is 18.2 Å². The molecule has 0 aliphatic heterocycles. The summed E-state index contributed by atoms with van der Waals surface area (Å²) in [6.07, 6.45) is 2.87. The number of nitrogens with zero attached hydrogens (tertiary/aromatic N) is 5. The van der Waals surface area contributed by atoms with E-state index in [1.54, 1.807) is 25.1 Å². The van der Waals surface area contributed by atoms with Crippen LogP contribution in [0.2, 0.25) is 0 Å². The van der Waals surface area contributed by atoms with Crippen LogP contribution in [0, 0.1) is 6.92 Å². The Morgan fingerprint density at radius 3 is 2.29 bits per heavy atom. The zero-order chi connectivity index (χ0) is 21.8. The Morgan fingerprint density at radius 2 is 1.61 bits per heavy atom. The molecule has 11 heteroatoms. The van der Waals surface area contributed by atoms with Crippen LogP contribution in [0.15, 0.2) is 93.0 Å². The highest BCUT2D eigenvalue weighted by Gasteiger charge is 2.15. The van der Waals surface area contributed by atoms with E-state index in [9.17, 15) is 13.2 Å². The van der Waals surface area contributed by atoms with Crippen LogP contribution in [0.3, 0.4) is 0 Å². The van der Waals surface area contributed by atoms with Crippen LogP contribution in [0.25, 0.3) is 5.69 Å². The zero-order valence-electron chi connectivity index (χ0n) is 16.3. The van der Waals surface area contributed by atoms with E-state index < -0.39 is 10.0 Å². The number of hydrogen-bond acceptors (Lipinski definition) is 7. The van der Waals surface area contributed by atoms with Crippen molar-refractivity contribution in [3.63, 3.8) is 0 Å². The van der Waals surface area contributed by atoms with Crippen molar-refractivity contribution in [2.75, 3.05) is 4.72 Å². The summed E-state index contributed by atoms with van der Waals surface area (Å²) in [5.41, 5.74) is 1.47. The van der Waals surface area contributed by atoms with Gasteiger partial charge in [0.05, 0.1) is 22.0 Å². The highest BCUT2D eigenvalue weighted by Crippen LogP contribution is 2.21. The Balaban J connectivity index is 1.55. The summed E-state index contributed by atoms with van der Waals surface area (Å²) < 4.78 is 28.5. The van der Waals surface area contributed by atoms with Gasteiger partial charge < -0.3 is 0 Å². The third kappa shape index (κ3) is 4.41. The number of azo groups is 1. The minimum Gasteiger partial charge on any atom is -0.293 e. The van der Waals surface area contributed by atoms with Crippen molar-refractivity contribution >= 4 is 27.3 Å². The van der Waals surface area contributed by atoms with Crippen LogP contribution in [0.1, 0.15) is 5.69 Å². The van der Waals surface area contributed by atoms with Gasteiger partial charge in [0, 0.05) is 12.4 Å². The fourth-order valence-corrected chi connectivity index (χ4v) is 3.70. The molecule has 0 aliphatic rings. The van der Waals surface area contributed by atoms with E-state index in [0.717, 1.165) is 0 Å². The summed E-state index contributed by atoms with van der Waals surface area (Å²) in [6, 6.07) is 16.4. The summed E-state index contributed by atoms with van der Waals surface area (Å²) in [6.45, 7) is 1.72. The standard InChI is InChI=1S/C20H17N7O3S/c1-14-18(19(28)27(25-14)16-6-3-2-4-7-16)24-23-15-8-10-17(11-9-15)31(29,30)26-20-21-12-5-13-22-20/h2-13,25H,1H3,(H,21,22,26). The first kappa shape index (κ1) is 20.2. The quantitative estimate of drug-likeness (QED) is 0.447. The number of aromatic amines is 1.